The normalized spacial score (nSPS) is 11.7. The van der Waals surface area contributed by atoms with Crippen molar-refractivity contribution in [3.8, 4) is 0 Å². The minimum Gasteiger partial charge on any atom is -0.344 e. The Hall–Kier alpha value is -1.50. The topological polar surface area (TPSA) is 4.93 Å². The molecule has 0 amide bonds. The molecule has 78 valence electrons. The van der Waals surface area contributed by atoms with Crippen molar-refractivity contribution in [2.75, 3.05) is 0 Å². The van der Waals surface area contributed by atoms with Crippen molar-refractivity contribution in [3.63, 3.8) is 0 Å². The zero-order chi connectivity index (χ0) is 10.8. The zero-order valence-electron chi connectivity index (χ0n) is 9.62. The van der Waals surface area contributed by atoms with E-state index in [-0.39, 0.29) is 0 Å². The van der Waals surface area contributed by atoms with E-state index in [9.17, 15) is 0 Å². The van der Waals surface area contributed by atoms with Crippen LogP contribution in [-0.4, -0.2) is 4.57 Å². The van der Waals surface area contributed by atoms with E-state index < -0.39 is 0 Å². The summed E-state index contributed by atoms with van der Waals surface area (Å²) < 4.78 is 2.26. The molecule has 0 fully saturated rings. The standard InChI is InChI=1S/C14H17N/c1-4-5-9-13-11(2)12-8-6-7-10-14(12)15(13)3/h5-10H,4H2,1-3H3. The summed E-state index contributed by atoms with van der Waals surface area (Å²) in [6, 6.07) is 8.55. The Morgan fingerprint density at radius 1 is 1.27 bits per heavy atom. The van der Waals surface area contributed by atoms with Crippen LogP contribution in [0.4, 0.5) is 0 Å². The second-order valence-corrected chi connectivity index (χ2v) is 3.90. The molecule has 2 rings (SSSR count). The SMILES string of the molecule is CCC=Cc1c(C)c2ccccc2n1C. The molecule has 1 aromatic carbocycles. The van der Waals surface area contributed by atoms with Crippen molar-refractivity contribution >= 4 is 17.0 Å². The molecule has 0 radical (unpaired) electrons. The fourth-order valence-electron chi connectivity index (χ4n) is 2.07. The highest BCUT2D eigenvalue weighted by atomic mass is 14.9. The van der Waals surface area contributed by atoms with E-state index in [1.807, 2.05) is 0 Å². The number of benzene rings is 1. The highest BCUT2D eigenvalue weighted by molar-refractivity contribution is 5.87. The second-order valence-electron chi connectivity index (χ2n) is 3.90. The Balaban J connectivity index is 2.69. The number of rotatable bonds is 2. The molecule has 0 aliphatic rings. The Morgan fingerprint density at radius 2 is 2.00 bits per heavy atom. The molecule has 0 aliphatic carbocycles. The third kappa shape index (κ3) is 1.58. The molecule has 0 saturated carbocycles. The van der Waals surface area contributed by atoms with Crippen molar-refractivity contribution in [2.24, 2.45) is 7.05 Å². The Morgan fingerprint density at radius 3 is 2.67 bits per heavy atom. The van der Waals surface area contributed by atoms with Crippen LogP contribution < -0.4 is 0 Å². The zero-order valence-corrected chi connectivity index (χ0v) is 9.62. The summed E-state index contributed by atoms with van der Waals surface area (Å²) in [6.45, 7) is 4.35. The van der Waals surface area contributed by atoms with E-state index in [1.54, 1.807) is 0 Å². The number of allylic oxidation sites excluding steroid dienone is 1. The molecule has 0 unspecified atom stereocenters. The van der Waals surface area contributed by atoms with Crippen LogP contribution >= 0.6 is 0 Å². The van der Waals surface area contributed by atoms with Gasteiger partial charge in [0, 0.05) is 23.6 Å². The minimum atomic E-state index is 1.08. The lowest BCUT2D eigenvalue weighted by atomic mass is 10.1. The number of hydrogen-bond donors (Lipinski definition) is 0. The molecular formula is C14H17N. The average molecular weight is 199 g/mol. The molecule has 0 bridgehead atoms. The van der Waals surface area contributed by atoms with E-state index in [1.165, 1.54) is 22.2 Å². The first kappa shape index (κ1) is 10.0. The first-order valence-electron chi connectivity index (χ1n) is 5.46. The van der Waals surface area contributed by atoms with Crippen molar-refractivity contribution in [2.45, 2.75) is 20.3 Å². The van der Waals surface area contributed by atoms with Gasteiger partial charge in [0.1, 0.15) is 0 Å². The number of aryl methyl sites for hydroxylation is 2. The first-order valence-corrected chi connectivity index (χ1v) is 5.46. The van der Waals surface area contributed by atoms with Crippen LogP contribution in [0.25, 0.3) is 17.0 Å². The Labute approximate surface area is 91.0 Å². The summed E-state index contributed by atoms with van der Waals surface area (Å²) in [6.07, 6.45) is 5.51. The molecule has 1 aromatic heterocycles. The fraction of sp³-hybridized carbons (Fsp3) is 0.286. The monoisotopic (exact) mass is 199 g/mol. The molecule has 0 saturated heterocycles. The average Bonchev–Trinajstić information content (AvgIpc) is 2.51. The lowest BCUT2D eigenvalue weighted by Crippen LogP contribution is -1.90. The summed E-state index contributed by atoms with van der Waals surface area (Å²) in [5.74, 6) is 0. The Kier molecular flexibility index (Phi) is 2.63. The molecule has 2 aromatic rings. The van der Waals surface area contributed by atoms with Gasteiger partial charge < -0.3 is 4.57 Å². The third-order valence-electron chi connectivity index (χ3n) is 2.93. The quantitative estimate of drug-likeness (QED) is 0.691. The number of para-hydroxylation sites is 1. The van der Waals surface area contributed by atoms with Crippen molar-refractivity contribution in [1.29, 1.82) is 0 Å². The maximum Gasteiger partial charge on any atom is 0.0485 e. The van der Waals surface area contributed by atoms with E-state index in [0.717, 1.165) is 6.42 Å². The van der Waals surface area contributed by atoms with Gasteiger partial charge in [0.15, 0.2) is 0 Å². The number of aromatic nitrogens is 1. The first-order chi connectivity index (χ1) is 7.25. The summed E-state index contributed by atoms with van der Waals surface area (Å²) >= 11 is 0. The Bertz CT molecular complexity index is 464. The predicted molar refractivity (Wildman–Crippen MR) is 67.0 cm³/mol. The van der Waals surface area contributed by atoms with Crippen LogP contribution in [-0.2, 0) is 7.05 Å². The maximum absolute atomic E-state index is 2.26. The largest absolute Gasteiger partial charge is 0.344 e. The lowest BCUT2D eigenvalue weighted by molar-refractivity contribution is 0.947. The van der Waals surface area contributed by atoms with E-state index in [2.05, 4.69) is 61.9 Å². The van der Waals surface area contributed by atoms with Crippen molar-refractivity contribution in [1.82, 2.24) is 4.57 Å². The third-order valence-corrected chi connectivity index (χ3v) is 2.93. The van der Waals surface area contributed by atoms with Gasteiger partial charge in [-0.15, -0.1) is 0 Å². The van der Waals surface area contributed by atoms with Gasteiger partial charge in [0.25, 0.3) is 0 Å². The molecule has 1 heteroatoms. The van der Waals surface area contributed by atoms with Gasteiger partial charge in [-0.25, -0.2) is 0 Å². The van der Waals surface area contributed by atoms with Crippen LogP contribution in [0.3, 0.4) is 0 Å². The van der Waals surface area contributed by atoms with Crippen LogP contribution in [0.1, 0.15) is 24.6 Å². The molecule has 1 heterocycles. The molecular weight excluding hydrogens is 182 g/mol. The van der Waals surface area contributed by atoms with E-state index in [4.69, 9.17) is 0 Å². The van der Waals surface area contributed by atoms with E-state index >= 15 is 0 Å². The predicted octanol–water partition coefficient (Wildman–Crippen LogP) is 3.91. The van der Waals surface area contributed by atoms with Crippen LogP contribution in [0, 0.1) is 6.92 Å². The lowest BCUT2D eigenvalue weighted by Gasteiger charge is -1.99. The van der Waals surface area contributed by atoms with Gasteiger partial charge in [0.05, 0.1) is 0 Å². The van der Waals surface area contributed by atoms with Crippen LogP contribution in [0.5, 0.6) is 0 Å². The number of hydrogen-bond acceptors (Lipinski definition) is 0. The molecule has 0 N–H and O–H groups in total. The van der Waals surface area contributed by atoms with Gasteiger partial charge in [-0.2, -0.15) is 0 Å². The maximum atomic E-state index is 2.26. The van der Waals surface area contributed by atoms with Crippen LogP contribution in [0.15, 0.2) is 30.3 Å². The van der Waals surface area contributed by atoms with Crippen LogP contribution in [0.2, 0.25) is 0 Å². The highest BCUT2D eigenvalue weighted by Crippen LogP contribution is 2.25. The summed E-state index contributed by atoms with van der Waals surface area (Å²) in [4.78, 5) is 0. The smallest absolute Gasteiger partial charge is 0.0485 e. The summed E-state index contributed by atoms with van der Waals surface area (Å²) in [7, 11) is 2.13. The van der Waals surface area contributed by atoms with Gasteiger partial charge in [-0.3, -0.25) is 0 Å². The van der Waals surface area contributed by atoms with Gasteiger partial charge in [0.2, 0.25) is 0 Å². The van der Waals surface area contributed by atoms with E-state index in [0.29, 0.717) is 0 Å². The fourth-order valence-corrected chi connectivity index (χ4v) is 2.07. The molecule has 0 aliphatic heterocycles. The van der Waals surface area contributed by atoms with Crippen molar-refractivity contribution < 1.29 is 0 Å². The molecule has 0 atom stereocenters. The minimum absolute atomic E-state index is 1.08. The van der Waals surface area contributed by atoms with Gasteiger partial charge in [-0.1, -0.05) is 31.2 Å². The van der Waals surface area contributed by atoms with Crippen molar-refractivity contribution in [3.05, 3.63) is 41.6 Å². The highest BCUT2D eigenvalue weighted by Gasteiger charge is 2.07. The number of nitrogens with zero attached hydrogens (tertiary/aromatic N) is 1. The van der Waals surface area contributed by atoms with Gasteiger partial charge in [-0.05, 0) is 31.1 Å². The molecule has 15 heavy (non-hydrogen) atoms. The summed E-state index contributed by atoms with van der Waals surface area (Å²) in [5.41, 5.74) is 4.00. The number of fused-ring (bicyclic) bond motifs is 1. The molecule has 1 nitrogen and oxygen atoms in total. The second kappa shape index (κ2) is 3.93. The molecule has 0 spiro atoms. The summed E-state index contributed by atoms with van der Waals surface area (Å²) in [5, 5.41) is 1.36. The van der Waals surface area contributed by atoms with Gasteiger partial charge >= 0.3 is 0 Å².